The van der Waals surface area contributed by atoms with Gasteiger partial charge in [-0.15, -0.1) is 0 Å². The Morgan fingerprint density at radius 2 is 2.04 bits per heavy atom. The van der Waals surface area contributed by atoms with Crippen LogP contribution in [0, 0.1) is 0 Å². The number of nitrogens with one attached hydrogen (secondary N) is 1. The number of carbonyl (C=O) groups excluding carboxylic acids is 2. The second kappa shape index (κ2) is 9.88. The number of rotatable bonds is 8. The van der Waals surface area contributed by atoms with Crippen molar-refractivity contribution in [3.8, 4) is 0 Å². The first-order valence-electron chi connectivity index (χ1n) is 10.5. The van der Waals surface area contributed by atoms with Gasteiger partial charge in [0.1, 0.15) is 0 Å². The van der Waals surface area contributed by atoms with Crippen LogP contribution in [-0.4, -0.2) is 54.3 Å². The smallest absolute Gasteiger partial charge is 0.251 e. The van der Waals surface area contributed by atoms with E-state index in [9.17, 15) is 9.59 Å². The molecule has 3 rings (SSSR count). The summed E-state index contributed by atoms with van der Waals surface area (Å²) < 4.78 is 0. The molecule has 5 nitrogen and oxygen atoms in total. The van der Waals surface area contributed by atoms with Crippen molar-refractivity contribution in [3.05, 3.63) is 35.4 Å². The van der Waals surface area contributed by atoms with Gasteiger partial charge in [0.15, 0.2) is 0 Å². The summed E-state index contributed by atoms with van der Waals surface area (Å²) in [6.45, 7) is 3.16. The highest BCUT2D eigenvalue weighted by Gasteiger charge is 2.20. The maximum absolute atomic E-state index is 12.4. The fourth-order valence-electron chi connectivity index (χ4n) is 4.24. The van der Waals surface area contributed by atoms with Crippen LogP contribution in [0.1, 0.15) is 67.3 Å². The molecule has 1 aromatic rings. The topological polar surface area (TPSA) is 52.7 Å². The van der Waals surface area contributed by atoms with Crippen LogP contribution in [0.25, 0.3) is 0 Å². The molecule has 0 spiro atoms. The molecule has 2 fully saturated rings. The third-order valence-corrected chi connectivity index (χ3v) is 5.91. The Labute approximate surface area is 163 Å². The molecule has 1 N–H and O–H groups in total. The minimum absolute atomic E-state index is 0.0232. The number of hydrogen-bond donors (Lipinski definition) is 1. The van der Waals surface area contributed by atoms with E-state index in [1.54, 1.807) is 0 Å². The largest absolute Gasteiger partial charge is 0.352 e. The van der Waals surface area contributed by atoms with Crippen LogP contribution in [0.5, 0.6) is 0 Å². The van der Waals surface area contributed by atoms with E-state index in [1.165, 1.54) is 32.1 Å². The zero-order valence-corrected chi connectivity index (χ0v) is 16.6. The lowest BCUT2D eigenvalue weighted by Gasteiger charge is -2.31. The highest BCUT2D eigenvalue weighted by molar-refractivity contribution is 5.94. The minimum atomic E-state index is -0.0232. The fourth-order valence-corrected chi connectivity index (χ4v) is 4.24. The summed E-state index contributed by atoms with van der Waals surface area (Å²) in [4.78, 5) is 28.6. The number of benzene rings is 1. The molecule has 1 heterocycles. The number of carbonyl (C=O) groups is 2. The summed E-state index contributed by atoms with van der Waals surface area (Å²) in [5.41, 5.74) is 1.70. The Morgan fingerprint density at radius 1 is 1.22 bits per heavy atom. The standard InChI is InChI=1S/C22H33N3O2/c1-24(20-10-3-2-4-11-20)14-7-13-23-22(27)19-9-5-8-18(16-19)17-25-15-6-12-21(25)26/h5,8-9,16,20H,2-4,6-7,10-15,17H2,1H3,(H,23,27). The molecule has 148 valence electrons. The van der Waals surface area contributed by atoms with E-state index in [-0.39, 0.29) is 11.8 Å². The van der Waals surface area contributed by atoms with Gasteiger partial charge in [0, 0.05) is 37.7 Å². The van der Waals surface area contributed by atoms with Gasteiger partial charge in [-0.2, -0.15) is 0 Å². The molecule has 1 saturated heterocycles. The monoisotopic (exact) mass is 371 g/mol. The van der Waals surface area contributed by atoms with Crippen LogP contribution >= 0.6 is 0 Å². The summed E-state index contributed by atoms with van der Waals surface area (Å²) in [6, 6.07) is 8.37. The second-order valence-corrected chi connectivity index (χ2v) is 8.00. The van der Waals surface area contributed by atoms with Crippen LogP contribution in [0.15, 0.2) is 24.3 Å². The summed E-state index contributed by atoms with van der Waals surface area (Å²) >= 11 is 0. The lowest BCUT2D eigenvalue weighted by molar-refractivity contribution is -0.128. The second-order valence-electron chi connectivity index (χ2n) is 8.00. The molecule has 0 aromatic heterocycles. The van der Waals surface area contributed by atoms with Crippen LogP contribution in [0.3, 0.4) is 0 Å². The average molecular weight is 372 g/mol. The van der Waals surface area contributed by atoms with Crippen molar-refractivity contribution in [2.24, 2.45) is 0 Å². The van der Waals surface area contributed by atoms with Gasteiger partial charge in [0.2, 0.25) is 5.91 Å². The van der Waals surface area contributed by atoms with Crippen molar-refractivity contribution >= 4 is 11.8 Å². The van der Waals surface area contributed by atoms with Crippen molar-refractivity contribution < 1.29 is 9.59 Å². The Bertz CT molecular complexity index is 640. The zero-order valence-electron chi connectivity index (χ0n) is 16.6. The van der Waals surface area contributed by atoms with Gasteiger partial charge in [-0.05, 0) is 57.0 Å². The van der Waals surface area contributed by atoms with E-state index < -0.39 is 0 Å². The summed E-state index contributed by atoms with van der Waals surface area (Å²) in [5, 5.41) is 3.04. The van der Waals surface area contributed by atoms with Gasteiger partial charge in [0.25, 0.3) is 5.91 Å². The fraction of sp³-hybridized carbons (Fsp3) is 0.636. The molecular weight excluding hydrogens is 338 g/mol. The van der Waals surface area contributed by atoms with Gasteiger partial charge in [-0.3, -0.25) is 9.59 Å². The first-order chi connectivity index (χ1) is 13.1. The zero-order chi connectivity index (χ0) is 19.1. The van der Waals surface area contributed by atoms with Crippen LogP contribution < -0.4 is 5.32 Å². The predicted octanol–water partition coefficient (Wildman–Crippen LogP) is 3.19. The molecule has 0 unspecified atom stereocenters. The summed E-state index contributed by atoms with van der Waals surface area (Å²) in [7, 11) is 2.21. The maximum Gasteiger partial charge on any atom is 0.251 e. The molecule has 27 heavy (non-hydrogen) atoms. The van der Waals surface area contributed by atoms with Crippen molar-refractivity contribution in [1.82, 2.24) is 15.1 Å². The van der Waals surface area contributed by atoms with Crippen LogP contribution in [0.2, 0.25) is 0 Å². The molecular formula is C22H33N3O2. The molecule has 1 aliphatic carbocycles. The van der Waals surface area contributed by atoms with Crippen molar-refractivity contribution in [3.63, 3.8) is 0 Å². The Kier molecular flexibility index (Phi) is 7.27. The van der Waals surface area contributed by atoms with Crippen molar-refractivity contribution in [1.29, 1.82) is 0 Å². The van der Waals surface area contributed by atoms with Gasteiger partial charge in [0.05, 0.1) is 0 Å². The SMILES string of the molecule is CN(CCCNC(=O)c1cccc(CN2CCCC2=O)c1)C1CCCCC1. The lowest BCUT2D eigenvalue weighted by atomic mass is 9.94. The highest BCUT2D eigenvalue weighted by Crippen LogP contribution is 2.21. The first-order valence-corrected chi connectivity index (χ1v) is 10.5. The molecule has 0 radical (unpaired) electrons. The van der Waals surface area contributed by atoms with Gasteiger partial charge >= 0.3 is 0 Å². The highest BCUT2D eigenvalue weighted by atomic mass is 16.2. The van der Waals surface area contributed by atoms with Gasteiger partial charge in [-0.1, -0.05) is 31.4 Å². The molecule has 5 heteroatoms. The van der Waals surface area contributed by atoms with E-state index in [0.717, 1.165) is 37.5 Å². The third kappa shape index (κ3) is 5.80. The van der Waals surface area contributed by atoms with Gasteiger partial charge in [-0.25, -0.2) is 0 Å². The quantitative estimate of drug-likeness (QED) is 0.714. The van der Waals surface area contributed by atoms with E-state index in [1.807, 2.05) is 29.2 Å². The Balaban J connectivity index is 1.41. The summed E-state index contributed by atoms with van der Waals surface area (Å²) in [6.07, 6.45) is 9.27. The number of nitrogens with zero attached hydrogens (tertiary/aromatic N) is 2. The average Bonchev–Trinajstić information content (AvgIpc) is 3.10. The predicted molar refractivity (Wildman–Crippen MR) is 108 cm³/mol. The molecule has 1 saturated carbocycles. The molecule has 2 aliphatic rings. The van der Waals surface area contributed by atoms with E-state index >= 15 is 0 Å². The molecule has 0 bridgehead atoms. The van der Waals surface area contributed by atoms with Crippen LogP contribution in [0.4, 0.5) is 0 Å². The minimum Gasteiger partial charge on any atom is -0.352 e. The van der Waals surface area contributed by atoms with Gasteiger partial charge < -0.3 is 15.1 Å². The maximum atomic E-state index is 12.4. The molecule has 1 aromatic carbocycles. The van der Waals surface area contributed by atoms with E-state index in [2.05, 4.69) is 17.3 Å². The van der Waals surface area contributed by atoms with Crippen LogP contribution in [-0.2, 0) is 11.3 Å². The summed E-state index contributed by atoms with van der Waals surface area (Å²) in [5.74, 6) is 0.192. The number of hydrogen-bond acceptors (Lipinski definition) is 3. The Morgan fingerprint density at radius 3 is 2.78 bits per heavy atom. The molecule has 0 atom stereocenters. The van der Waals surface area contributed by atoms with E-state index in [4.69, 9.17) is 0 Å². The number of amides is 2. The first kappa shape index (κ1) is 19.9. The third-order valence-electron chi connectivity index (χ3n) is 5.91. The number of likely N-dealkylation sites (tertiary alicyclic amines) is 1. The van der Waals surface area contributed by atoms with Crippen molar-refractivity contribution in [2.45, 2.75) is 64.0 Å². The molecule has 2 amide bonds. The van der Waals surface area contributed by atoms with E-state index in [0.29, 0.717) is 25.1 Å². The Hall–Kier alpha value is -1.88. The molecule has 1 aliphatic heterocycles. The normalized spacial score (nSPS) is 18.3. The van der Waals surface area contributed by atoms with Crippen molar-refractivity contribution in [2.75, 3.05) is 26.7 Å². The lowest BCUT2D eigenvalue weighted by Crippen LogP contribution is -2.35.